The van der Waals surface area contributed by atoms with E-state index in [0.29, 0.717) is 6.54 Å². The number of carbonyl (C=O) groups excluding carboxylic acids is 1. The number of oxime groups is 1. The summed E-state index contributed by atoms with van der Waals surface area (Å²) in [6.45, 7) is 5.94. The Morgan fingerprint density at radius 3 is 2.78 bits per heavy atom. The maximum absolute atomic E-state index is 12.0. The molecule has 0 saturated carbocycles. The van der Waals surface area contributed by atoms with Crippen molar-refractivity contribution in [1.29, 1.82) is 0 Å². The van der Waals surface area contributed by atoms with E-state index in [1.54, 1.807) is 0 Å². The van der Waals surface area contributed by atoms with Crippen molar-refractivity contribution in [3.63, 3.8) is 0 Å². The third kappa shape index (κ3) is 3.69. The Bertz CT molecular complexity index is 442. The maximum atomic E-state index is 12.0. The van der Waals surface area contributed by atoms with E-state index in [-0.39, 0.29) is 17.7 Å². The first kappa shape index (κ1) is 14.4. The van der Waals surface area contributed by atoms with E-state index in [1.165, 1.54) is 11.3 Å². The van der Waals surface area contributed by atoms with Crippen LogP contribution in [0.4, 0.5) is 0 Å². The minimum Gasteiger partial charge on any atom is -0.409 e. The van der Waals surface area contributed by atoms with Gasteiger partial charge in [0.05, 0.1) is 17.2 Å². The molecule has 0 bridgehead atoms. The van der Waals surface area contributed by atoms with Gasteiger partial charge in [0.1, 0.15) is 5.92 Å². The summed E-state index contributed by atoms with van der Waals surface area (Å²) in [6, 6.07) is 0. The SMILES string of the molecule is Cc1nc(CNC(=O)C(C(N)=NO)C(C)C)cs1. The van der Waals surface area contributed by atoms with Crippen LogP contribution in [0.25, 0.3) is 0 Å². The summed E-state index contributed by atoms with van der Waals surface area (Å²) < 4.78 is 0. The molecule has 1 atom stereocenters. The number of nitrogens with one attached hydrogen (secondary N) is 1. The van der Waals surface area contributed by atoms with Gasteiger partial charge in [-0.1, -0.05) is 19.0 Å². The fourth-order valence-corrected chi connectivity index (χ4v) is 2.23. The number of rotatable bonds is 5. The van der Waals surface area contributed by atoms with Gasteiger partial charge in [0.2, 0.25) is 5.91 Å². The van der Waals surface area contributed by atoms with Gasteiger partial charge in [-0.2, -0.15) is 0 Å². The van der Waals surface area contributed by atoms with Gasteiger partial charge in [-0.3, -0.25) is 4.79 Å². The highest BCUT2D eigenvalue weighted by Gasteiger charge is 2.26. The fraction of sp³-hybridized carbons (Fsp3) is 0.545. The first-order chi connectivity index (χ1) is 8.45. The van der Waals surface area contributed by atoms with Crippen molar-refractivity contribution >= 4 is 23.1 Å². The molecule has 100 valence electrons. The van der Waals surface area contributed by atoms with Crippen molar-refractivity contribution in [2.45, 2.75) is 27.3 Å². The Morgan fingerprint density at radius 2 is 2.33 bits per heavy atom. The molecule has 0 aromatic carbocycles. The van der Waals surface area contributed by atoms with E-state index >= 15 is 0 Å². The van der Waals surface area contributed by atoms with Crippen LogP contribution in [0.1, 0.15) is 24.5 Å². The highest BCUT2D eigenvalue weighted by molar-refractivity contribution is 7.09. The number of amides is 1. The topological polar surface area (TPSA) is 101 Å². The summed E-state index contributed by atoms with van der Waals surface area (Å²) in [6.07, 6.45) is 0. The smallest absolute Gasteiger partial charge is 0.231 e. The molecule has 0 saturated heterocycles. The molecule has 1 rings (SSSR count). The summed E-state index contributed by atoms with van der Waals surface area (Å²) in [4.78, 5) is 16.2. The average Bonchev–Trinajstić information content (AvgIpc) is 2.72. The molecule has 6 nitrogen and oxygen atoms in total. The number of aromatic nitrogens is 1. The van der Waals surface area contributed by atoms with E-state index in [2.05, 4.69) is 15.5 Å². The molecule has 0 aliphatic heterocycles. The molecule has 1 unspecified atom stereocenters. The van der Waals surface area contributed by atoms with Crippen molar-refractivity contribution in [3.05, 3.63) is 16.1 Å². The molecule has 0 spiro atoms. The summed E-state index contributed by atoms with van der Waals surface area (Å²) in [5, 5.41) is 17.2. The van der Waals surface area contributed by atoms with Gasteiger partial charge in [0.25, 0.3) is 0 Å². The van der Waals surface area contributed by atoms with Crippen LogP contribution < -0.4 is 11.1 Å². The van der Waals surface area contributed by atoms with Crippen LogP contribution in [0, 0.1) is 18.8 Å². The average molecular weight is 270 g/mol. The van der Waals surface area contributed by atoms with Gasteiger partial charge in [0, 0.05) is 5.38 Å². The van der Waals surface area contributed by atoms with Crippen LogP contribution in [0.15, 0.2) is 10.5 Å². The molecule has 1 amide bonds. The Morgan fingerprint density at radius 1 is 1.67 bits per heavy atom. The molecule has 1 heterocycles. The van der Waals surface area contributed by atoms with E-state index < -0.39 is 5.92 Å². The van der Waals surface area contributed by atoms with E-state index in [0.717, 1.165) is 10.7 Å². The zero-order chi connectivity index (χ0) is 13.7. The molecular formula is C11H18N4O2S. The van der Waals surface area contributed by atoms with Crippen LogP contribution in [0.2, 0.25) is 0 Å². The number of amidine groups is 1. The second kappa shape index (κ2) is 6.34. The summed E-state index contributed by atoms with van der Waals surface area (Å²) in [5.74, 6) is -1.00. The van der Waals surface area contributed by atoms with Gasteiger partial charge < -0.3 is 16.3 Å². The Kier molecular flexibility index (Phi) is 5.08. The largest absolute Gasteiger partial charge is 0.409 e. The van der Waals surface area contributed by atoms with Crippen molar-refractivity contribution in [2.24, 2.45) is 22.7 Å². The number of carbonyl (C=O) groups is 1. The number of aryl methyl sites for hydroxylation is 1. The van der Waals surface area contributed by atoms with Crippen LogP contribution in [-0.4, -0.2) is 21.9 Å². The van der Waals surface area contributed by atoms with Crippen LogP contribution in [0.5, 0.6) is 0 Å². The third-order valence-corrected chi connectivity index (χ3v) is 3.32. The normalized spacial score (nSPS) is 13.7. The van der Waals surface area contributed by atoms with Gasteiger partial charge >= 0.3 is 0 Å². The van der Waals surface area contributed by atoms with Crippen LogP contribution in [0.3, 0.4) is 0 Å². The van der Waals surface area contributed by atoms with Crippen LogP contribution >= 0.6 is 11.3 Å². The van der Waals surface area contributed by atoms with Crippen LogP contribution in [-0.2, 0) is 11.3 Å². The van der Waals surface area contributed by atoms with Gasteiger partial charge in [0.15, 0.2) is 5.84 Å². The molecular weight excluding hydrogens is 252 g/mol. The molecule has 1 aromatic heterocycles. The number of nitrogens with two attached hydrogens (primary N) is 1. The lowest BCUT2D eigenvalue weighted by atomic mass is 9.94. The number of hydrogen-bond acceptors (Lipinski definition) is 5. The summed E-state index contributed by atoms with van der Waals surface area (Å²) >= 11 is 1.53. The molecule has 0 aliphatic rings. The lowest BCUT2D eigenvalue weighted by molar-refractivity contribution is -0.124. The van der Waals surface area contributed by atoms with Gasteiger partial charge in [-0.15, -0.1) is 11.3 Å². The standard InChI is InChI=1S/C11H18N4O2S/c1-6(2)9(10(12)15-17)11(16)13-4-8-5-18-7(3)14-8/h5-6,9,17H,4H2,1-3H3,(H2,12,15)(H,13,16). The minimum absolute atomic E-state index is 0.0435. The Balaban J connectivity index is 2.62. The van der Waals surface area contributed by atoms with Crippen molar-refractivity contribution in [2.75, 3.05) is 0 Å². The zero-order valence-corrected chi connectivity index (χ0v) is 11.5. The molecule has 18 heavy (non-hydrogen) atoms. The van der Waals surface area contributed by atoms with E-state index in [4.69, 9.17) is 10.9 Å². The Hall–Kier alpha value is -1.63. The van der Waals surface area contributed by atoms with Gasteiger partial charge in [-0.25, -0.2) is 4.98 Å². The van der Waals surface area contributed by atoms with E-state index in [9.17, 15) is 4.79 Å². The predicted molar refractivity (Wildman–Crippen MR) is 70.4 cm³/mol. The van der Waals surface area contributed by atoms with Crippen molar-refractivity contribution < 1.29 is 10.0 Å². The number of nitrogens with zero attached hydrogens (tertiary/aromatic N) is 2. The zero-order valence-electron chi connectivity index (χ0n) is 10.7. The fourth-order valence-electron chi connectivity index (χ4n) is 1.62. The van der Waals surface area contributed by atoms with E-state index in [1.807, 2.05) is 26.2 Å². The third-order valence-electron chi connectivity index (χ3n) is 2.49. The molecule has 4 N–H and O–H groups in total. The lowest BCUT2D eigenvalue weighted by Gasteiger charge is -2.18. The minimum atomic E-state index is -0.630. The van der Waals surface area contributed by atoms with Crippen molar-refractivity contribution in [3.8, 4) is 0 Å². The number of thiazole rings is 1. The number of hydrogen-bond donors (Lipinski definition) is 3. The molecule has 1 aromatic rings. The first-order valence-electron chi connectivity index (χ1n) is 5.61. The molecule has 0 radical (unpaired) electrons. The van der Waals surface area contributed by atoms with Gasteiger partial charge in [-0.05, 0) is 12.8 Å². The summed E-state index contributed by atoms with van der Waals surface area (Å²) in [7, 11) is 0. The second-order valence-electron chi connectivity index (χ2n) is 4.32. The summed E-state index contributed by atoms with van der Waals surface area (Å²) in [5.41, 5.74) is 6.33. The predicted octanol–water partition coefficient (Wildman–Crippen LogP) is 1.09. The molecule has 0 fully saturated rings. The highest BCUT2D eigenvalue weighted by Crippen LogP contribution is 2.12. The first-order valence-corrected chi connectivity index (χ1v) is 6.49. The molecule has 0 aliphatic carbocycles. The van der Waals surface area contributed by atoms with Crippen molar-refractivity contribution in [1.82, 2.24) is 10.3 Å². The monoisotopic (exact) mass is 270 g/mol. The molecule has 7 heteroatoms. The lowest BCUT2D eigenvalue weighted by Crippen LogP contribution is -2.41. The maximum Gasteiger partial charge on any atom is 0.231 e. The Labute approximate surface area is 110 Å². The second-order valence-corrected chi connectivity index (χ2v) is 5.38. The quantitative estimate of drug-likeness (QED) is 0.322. The highest BCUT2D eigenvalue weighted by atomic mass is 32.1.